The van der Waals surface area contributed by atoms with Gasteiger partial charge >= 0.3 is 24.0 Å². The van der Waals surface area contributed by atoms with Gasteiger partial charge in [-0.2, -0.15) is 0 Å². The van der Waals surface area contributed by atoms with Gasteiger partial charge in [0.2, 0.25) is 0 Å². The second-order valence-corrected chi connectivity index (χ2v) is 9.80. The number of rotatable bonds is 22. The van der Waals surface area contributed by atoms with Gasteiger partial charge in [-0.3, -0.25) is 0 Å². The largest absolute Gasteiger partial charge is 0.508 e. The van der Waals surface area contributed by atoms with Crippen LogP contribution in [0.2, 0.25) is 0 Å². The van der Waals surface area contributed by atoms with Crippen LogP contribution < -0.4 is 41.4 Å². The Labute approximate surface area is 277 Å². The Bertz CT molecular complexity index is 1140. The van der Waals surface area contributed by atoms with E-state index in [1.807, 2.05) is 0 Å². The van der Waals surface area contributed by atoms with Gasteiger partial charge in [-0.15, -0.1) is 0 Å². The fourth-order valence-corrected chi connectivity index (χ4v) is 3.59. The van der Waals surface area contributed by atoms with Crippen molar-refractivity contribution in [3.8, 4) is 23.0 Å². The van der Waals surface area contributed by atoms with E-state index in [0.29, 0.717) is 24.6 Å². The molecule has 0 aromatic heterocycles. The Morgan fingerprint density at radius 2 is 0.958 bits per heavy atom. The van der Waals surface area contributed by atoms with Crippen molar-refractivity contribution in [1.29, 1.82) is 0 Å². The third-order valence-electron chi connectivity index (χ3n) is 5.93. The highest BCUT2D eigenvalue weighted by Crippen LogP contribution is 2.17. The quantitative estimate of drug-likeness (QED) is 0.0335. The van der Waals surface area contributed by atoms with E-state index >= 15 is 0 Å². The minimum atomic E-state index is -1.28. The smallest absolute Gasteiger partial charge is 0.417 e. The standard InChI is InChI=1S/C30H44N6O12/c1-43-19-35-29(41)33-13-11-31-15-25(17-45-23-7-3-21(37)4-8-23)47-27(39)28(40)48-26(18-46-24-9-5-22(38)6-10-24)16-32-12-14-34-30(42)36-20-44-2/h3-10,25-26,31-32,37-38H,11-20H2,1-2H3,(H2,33,35,41)(H2,34,36,42). The van der Waals surface area contributed by atoms with E-state index in [-0.39, 0.29) is 64.4 Å². The monoisotopic (exact) mass is 680 g/mol. The number of ether oxygens (including phenoxy) is 6. The molecule has 0 saturated carbocycles. The maximum Gasteiger partial charge on any atom is 0.417 e. The third kappa shape index (κ3) is 17.6. The summed E-state index contributed by atoms with van der Waals surface area (Å²) in [4.78, 5) is 49.0. The van der Waals surface area contributed by atoms with Crippen molar-refractivity contribution < 1.29 is 57.8 Å². The summed E-state index contributed by atoms with van der Waals surface area (Å²) in [7, 11) is 2.88. The zero-order valence-corrected chi connectivity index (χ0v) is 26.8. The van der Waals surface area contributed by atoms with Crippen molar-refractivity contribution in [3.05, 3.63) is 48.5 Å². The molecule has 8 N–H and O–H groups in total. The normalized spacial score (nSPS) is 11.8. The fourth-order valence-electron chi connectivity index (χ4n) is 3.59. The lowest BCUT2D eigenvalue weighted by atomic mass is 10.3. The van der Waals surface area contributed by atoms with Crippen molar-refractivity contribution >= 4 is 24.0 Å². The Kier molecular flexibility index (Phi) is 19.0. The maximum absolute atomic E-state index is 12.8. The first-order valence-electron chi connectivity index (χ1n) is 14.9. The molecular formula is C30H44N6O12. The molecule has 48 heavy (non-hydrogen) atoms. The number of amides is 4. The van der Waals surface area contributed by atoms with Gasteiger partial charge in [0.25, 0.3) is 0 Å². The van der Waals surface area contributed by atoms with Crippen LogP contribution in [0, 0.1) is 0 Å². The second kappa shape index (κ2) is 23.3. The number of carbonyl (C=O) groups excluding carboxylic acids is 4. The molecule has 18 nitrogen and oxygen atoms in total. The van der Waals surface area contributed by atoms with Gasteiger partial charge in [-0.05, 0) is 48.5 Å². The van der Waals surface area contributed by atoms with E-state index in [2.05, 4.69) is 31.9 Å². The van der Waals surface area contributed by atoms with Crippen LogP contribution in [0.25, 0.3) is 0 Å². The average Bonchev–Trinajstić information content (AvgIpc) is 3.08. The van der Waals surface area contributed by atoms with Crippen molar-refractivity contribution in [3.63, 3.8) is 0 Å². The van der Waals surface area contributed by atoms with Crippen LogP contribution in [0.3, 0.4) is 0 Å². The molecule has 0 fully saturated rings. The molecule has 0 heterocycles. The maximum atomic E-state index is 12.8. The first-order chi connectivity index (χ1) is 23.2. The summed E-state index contributed by atoms with van der Waals surface area (Å²) >= 11 is 0. The van der Waals surface area contributed by atoms with E-state index in [4.69, 9.17) is 28.4 Å². The first-order valence-corrected chi connectivity index (χ1v) is 14.9. The zero-order chi connectivity index (χ0) is 35.0. The number of benzene rings is 2. The molecule has 18 heteroatoms. The van der Waals surface area contributed by atoms with Crippen molar-refractivity contribution in [1.82, 2.24) is 31.9 Å². The van der Waals surface area contributed by atoms with E-state index in [9.17, 15) is 29.4 Å². The van der Waals surface area contributed by atoms with E-state index in [1.165, 1.54) is 62.8 Å². The predicted molar refractivity (Wildman–Crippen MR) is 170 cm³/mol. The molecule has 2 aromatic rings. The van der Waals surface area contributed by atoms with Crippen LogP contribution in [0.4, 0.5) is 9.59 Å². The summed E-state index contributed by atoms with van der Waals surface area (Å²) in [5, 5.41) is 35.2. The average molecular weight is 681 g/mol. The van der Waals surface area contributed by atoms with Crippen LogP contribution in [0.5, 0.6) is 23.0 Å². The minimum Gasteiger partial charge on any atom is -0.508 e. The minimum absolute atomic E-state index is 0.0408. The first kappa shape index (κ1) is 39.1. The van der Waals surface area contributed by atoms with Gasteiger partial charge in [0, 0.05) is 53.5 Å². The predicted octanol–water partition coefficient (Wildman–Crippen LogP) is -0.635. The molecule has 0 bridgehead atoms. The number of nitrogens with one attached hydrogen (secondary N) is 6. The summed E-state index contributed by atoms with van der Waals surface area (Å²) in [6, 6.07) is 10.9. The van der Waals surface area contributed by atoms with Gasteiger partial charge < -0.3 is 70.5 Å². The number of aromatic hydroxyl groups is 2. The molecule has 2 rings (SSSR count). The Morgan fingerprint density at radius 3 is 1.31 bits per heavy atom. The van der Waals surface area contributed by atoms with E-state index in [1.54, 1.807) is 0 Å². The summed E-state index contributed by atoms with van der Waals surface area (Å²) < 4.78 is 31.7. The summed E-state index contributed by atoms with van der Waals surface area (Å²) in [6.45, 7) is 0.959. The Morgan fingerprint density at radius 1 is 0.583 bits per heavy atom. The van der Waals surface area contributed by atoms with E-state index < -0.39 is 36.2 Å². The topological polar surface area (TPSA) is 236 Å². The van der Waals surface area contributed by atoms with Crippen LogP contribution in [-0.2, 0) is 28.5 Å². The lowest BCUT2D eigenvalue weighted by Crippen LogP contribution is -2.44. The molecule has 2 aromatic carbocycles. The number of urea groups is 2. The summed E-state index contributed by atoms with van der Waals surface area (Å²) in [5.41, 5.74) is 0. The Balaban J connectivity index is 1.95. The number of methoxy groups -OCH3 is 2. The number of phenolic OH excluding ortho intramolecular Hbond substituents is 2. The lowest BCUT2D eigenvalue weighted by Gasteiger charge is -2.21. The molecule has 2 unspecified atom stereocenters. The summed E-state index contributed by atoms with van der Waals surface area (Å²) in [6.07, 6.45) is -1.91. The van der Waals surface area contributed by atoms with Crippen molar-refractivity contribution in [2.75, 3.05) is 80.2 Å². The molecule has 0 radical (unpaired) electrons. The fraction of sp³-hybridized carbons (Fsp3) is 0.467. The van der Waals surface area contributed by atoms with Crippen molar-refractivity contribution in [2.24, 2.45) is 0 Å². The van der Waals surface area contributed by atoms with E-state index in [0.717, 1.165) is 0 Å². The molecule has 0 aliphatic rings. The van der Waals surface area contributed by atoms with Gasteiger partial charge in [0.05, 0.1) is 0 Å². The highest BCUT2D eigenvalue weighted by molar-refractivity contribution is 6.29. The van der Waals surface area contributed by atoms with Crippen LogP contribution in [0.1, 0.15) is 0 Å². The third-order valence-corrected chi connectivity index (χ3v) is 5.93. The van der Waals surface area contributed by atoms with Crippen LogP contribution in [0.15, 0.2) is 48.5 Å². The molecule has 266 valence electrons. The molecule has 4 amide bonds. The Hall–Kier alpha value is -5.04. The lowest BCUT2D eigenvalue weighted by molar-refractivity contribution is -0.175. The van der Waals surface area contributed by atoms with Crippen LogP contribution >= 0.6 is 0 Å². The van der Waals surface area contributed by atoms with Gasteiger partial charge in [0.15, 0.2) is 0 Å². The molecular weight excluding hydrogens is 636 g/mol. The zero-order valence-electron chi connectivity index (χ0n) is 26.8. The molecule has 0 aliphatic carbocycles. The number of esters is 2. The van der Waals surface area contributed by atoms with Gasteiger partial charge in [0.1, 0.15) is 61.9 Å². The van der Waals surface area contributed by atoms with Crippen LogP contribution in [-0.4, -0.2) is 127 Å². The van der Waals surface area contributed by atoms with Gasteiger partial charge in [-0.25, -0.2) is 19.2 Å². The van der Waals surface area contributed by atoms with Gasteiger partial charge in [-0.1, -0.05) is 0 Å². The van der Waals surface area contributed by atoms with Crippen molar-refractivity contribution in [2.45, 2.75) is 12.2 Å². The molecule has 0 spiro atoms. The summed E-state index contributed by atoms with van der Waals surface area (Å²) in [5.74, 6) is -1.70. The highest BCUT2D eigenvalue weighted by atomic mass is 16.6. The molecule has 2 atom stereocenters. The number of hydrogen-bond donors (Lipinski definition) is 8. The molecule has 0 aliphatic heterocycles. The number of carbonyl (C=O) groups is 4. The second-order valence-electron chi connectivity index (χ2n) is 9.80. The highest BCUT2D eigenvalue weighted by Gasteiger charge is 2.26. The number of hydrogen-bond acceptors (Lipinski definition) is 14. The molecule has 0 saturated heterocycles. The number of phenols is 2. The SMILES string of the molecule is COCNC(=O)NCCNCC(COc1ccc(O)cc1)OC(=O)C(=O)OC(CNCCNC(=O)NCOC)COc1ccc(O)cc1.